The van der Waals surface area contributed by atoms with Crippen molar-refractivity contribution in [2.45, 2.75) is 30.5 Å². The van der Waals surface area contributed by atoms with Crippen molar-refractivity contribution in [3.05, 3.63) is 58.4 Å². The van der Waals surface area contributed by atoms with Crippen molar-refractivity contribution < 1.29 is 39.8 Å². The molecule has 3 aromatic rings. The fourth-order valence-electron chi connectivity index (χ4n) is 3.62. The topological polar surface area (TPSA) is 161 Å². The van der Waals surface area contributed by atoms with Crippen molar-refractivity contribution in [3.8, 4) is 22.6 Å². The monoisotopic (exact) mass is 416 g/mol. The highest BCUT2D eigenvalue weighted by molar-refractivity contribution is 5.84. The van der Waals surface area contributed by atoms with Crippen LogP contribution in [0.3, 0.4) is 0 Å². The average Bonchev–Trinajstić information content (AvgIpc) is 2.73. The summed E-state index contributed by atoms with van der Waals surface area (Å²) in [6, 6.07) is 9.62. The lowest BCUT2D eigenvalue weighted by molar-refractivity contribution is -0.235. The van der Waals surface area contributed by atoms with Crippen LogP contribution in [-0.2, 0) is 4.74 Å². The van der Waals surface area contributed by atoms with Gasteiger partial charge in [0.25, 0.3) is 0 Å². The summed E-state index contributed by atoms with van der Waals surface area (Å²) in [5.41, 5.74) is -0.107. The Labute approximate surface area is 169 Å². The molecule has 6 N–H and O–H groups in total. The molecule has 5 atom stereocenters. The van der Waals surface area contributed by atoms with Gasteiger partial charge in [0, 0.05) is 6.07 Å². The van der Waals surface area contributed by atoms with E-state index in [1.807, 2.05) is 0 Å². The van der Waals surface area contributed by atoms with Gasteiger partial charge in [-0.3, -0.25) is 4.79 Å². The molecule has 9 nitrogen and oxygen atoms in total. The molecule has 1 aliphatic heterocycles. The predicted molar refractivity (Wildman–Crippen MR) is 104 cm³/mol. The Morgan fingerprint density at radius 2 is 1.53 bits per heavy atom. The van der Waals surface area contributed by atoms with Gasteiger partial charge in [0.1, 0.15) is 53.4 Å². The van der Waals surface area contributed by atoms with Gasteiger partial charge >= 0.3 is 0 Å². The first kappa shape index (κ1) is 20.3. The number of phenols is 2. The van der Waals surface area contributed by atoms with Crippen LogP contribution in [0.25, 0.3) is 22.1 Å². The molecule has 1 aliphatic rings. The van der Waals surface area contributed by atoms with E-state index in [-0.39, 0.29) is 33.8 Å². The van der Waals surface area contributed by atoms with E-state index in [9.17, 15) is 35.4 Å². The second kappa shape index (κ2) is 7.71. The van der Waals surface area contributed by atoms with E-state index < -0.39 is 42.6 Å². The van der Waals surface area contributed by atoms with Crippen LogP contribution in [-0.4, -0.2) is 61.7 Å². The summed E-state index contributed by atoms with van der Waals surface area (Å²) >= 11 is 0. The first-order valence-corrected chi connectivity index (χ1v) is 9.21. The zero-order chi connectivity index (χ0) is 21.6. The van der Waals surface area contributed by atoms with Crippen molar-refractivity contribution in [3.63, 3.8) is 0 Å². The maximum Gasteiger partial charge on any atom is 0.200 e. The molecule has 0 spiro atoms. The number of hydrogen-bond acceptors (Lipinski definition) is 9. The highest BCUT2D eigenvalue weighted by atomic mass is 16.6. The predicted octanol–water partition coefficient (Wildman–Crippen LogP) is 0.386. The van der Waals surface area contributed by atoms with E-state index in [1.54, 1.807) is 0 Å². The van der Waals surface area contributed by atoms with Crippen LogP contribution in [0.4, 0.5) is 0 Å². The minimum Gasteiger partial charge on any atom is -0.508 e. The summed E-state index contributed by atoms with van der Waals surface area (Å²) in [6.45, 7) is -0.644. The van der Waals surface area contributed by atoms with E-state index in [0.717, 1.165) is 0 Å². The Morgan fingerprint density at radius 3 is 2.20 bits per heavy atom. The zero-order valence-corrected chi connectivity index (χ0v) is 15.5. The Hall–Kier alpha value is -2.95. The summed E-state index contributed by atoms with van der Waals surface area (Å²) in [7, 11) is 0. The van der Waals surface area contributed by atoms with Crippen LogP contribution >= 0.6 is 0 Å². The smallest absolute Gasteiger partial charge is 0.200 e. The Balaban J connectivity index is 1.98. The van der Waals surface area contributed by atoms with Crippen molar-refractivity contribution >= 4 is 11.0 Å². The summed E-state index contributed by atoms with van der Waals surface area (Å²) in [4.78, 5) is 13.3. The van der Waals surface area contributed by atoms with Crippen molar-refractivity contribution in [1.29, 1.82) is 0 Å². The third-order valence-electron chi connectivity index (χ3n) is 5.21. The molecule has 1 fully saturated rings. The molecule has 2 heterocycles. The summed E-state index contributed by atoms with van der Waals surface area (Å²) < 4.78 is 11.4. The number of hydrogen-bond donors (Lipinski definition) is 6. The van der Waals surface area contributed by atoms with Crippen LogP contribution in [0.2, 0.25) is 0 Å². The molecule has 9 heteroatoms. The maximum atomic E-state index is 13.3. The molecule has 0 amide bonds. The molecule has 158 valence electrons. The molecule has 0 radical (unpaired) electrons. The SMILES string of the molecule is O=c1c(-c2ccc(O)cc2)c(C2O[C@H](CO)[C@@H](O)[C@H](O)[C@H]2O)oc2cc(O)ccc12. The van der Waals surface area contributed by atoms with Gasteiger partial charge in [-0.2, -0.15) is 0 Å². The van der Waals surface area contributed by atoms with Crippen LogP contribution in [0.1, 0.15) is 11.9 Å². The van der Waals surface area contributed by atoms with Gasteiger partial charge in [0.05, 0.1) is 17.6 Å². The molecule has 0 saturated carbocycles. The fourth-order valence-corrected chi connectivity index (χ4v) is 3.62. The first-order chi connectivity index (χ1) is 14.3. The standard InChI is InChI=1S/C21H20O9/c22-8-14-17(26)18(27)19(28)21(30-14)20-15(9-1-3-10(23)4-2-9)16(25)12-6-5-11(24)7-13(12)29-20/h1-7,14,17-19,21-24,26-28H,8H2/t14-,17-,18+,19-,21?/m1/s1. The van der Waals surface area contributed by atoms with E-state index in [2.05, 4.69) is 0 Å². The average molecular weight is 416 g/mol. The van der Waals surface area contributed by atoms with Gasteiger partial charge < -0.3 is 39.8 Å². The zero-order valence-electron chi connectivity index (χ0n) is 15.5. The van der Waals surface area contributed by atoms with Crippen LogP contribution in [0, 0.1) is 0 Å². The van der Waals surface area contributed by atoms with Crippen LogP contribution in [0.15, 0.2) is 51.7 Å². The van der Waals surface area contributed by atoms with Gasteiger partial charge in [-0.15, -0.1) is 0 Å². The number of aliphatic hydroxyl groups is 4. The number of aromatic hydroxyl groups is 2. The van der Waals surface area contributed by atoms with Crippen molar-refractivity contribution in [1.82, 2.24) is 0 Å². The van der Waals surface area contributed by atoms with Gasteiger partial charge in [-0.25, -0.2) is 0 Å². The van der Waals surface area contributed by atoms with Gasteiger partial charge in [0.2, 0.25) is 5.43 Å². The van der Waals surface area contributed by atoms with Crippen LogP contribution in [0.5, 0.6) is 11.5 Å². The Kier molecular flexibility index (Phi) is 5.22. The highest BCUT2D eigenvalue weighted by Crippen LogP contribution is 2.38. The molecule has 4 rings (SSSR count). The summed E-state index contributed by atoms with van der Waals surface area (Å²) in [5, 5.41) is 59.8. The fraction of sp³-hybridized carbons (Fsp3) is 0.286. The summed E-state index contributed by atoms with van der Waals surface area (Å²) in [5.74, 6) is -0.327. The third kappa shape index (κ3) is 3.32. The number of rotatable bonds is 3. The normalized spacial score (nSPS) is 26.7. The lowest BCUT2D eigenvalue weighted by atomic mass is 9.90. The molecule has 2 aromatic carbocycles. The molecule has 1 saturated heterocycles. The van der Waals surface area contributed by atoms with E-state index in [0.29, 0.717) is 5.56 Å². The number of benzene rings is 2. The minimum absolute atomic E-state index is 0.0116. The second-order valence-corrected chi connectivity index (χ2v) is 7.15. The van der Waals surface area contributed by atoms with E-state index in [1.165, 1.54) is 42.5 Å². The molecule has 0 aliphatic carbocycles. The van der Waals surface area contributed by atoms with E-state index in [4.69, 9.17) is 9.15 Å². The van der Waals surface area contributed by atoms with Crippen LogP contribution < -0.4 is 5.43 Å². The quantitative estimate of drug-likeness (QED) is 0.355. The molecule has 30 heavy (non-hydrogen) atoms. The number of aliphatic hydroxyl groups excluding tert-OH is 4. The molecular weight excluding hydrogens is 396 g/mol. The Morgan fingerprint density at radius 1 is 0.867 bits per heavy atom. The lowest BCUT2D eigenvalue weighted by Gasteiger charge is -2.39. The molecule has 0 bridgehead atoms. The van der Waals surface area contributed by atoms with E-state index >= 15 is 0 Å². The molecule has 1 unspecified atom stereocenters. The first-order valence-electron chi connectivity index (χ1n) is 9.21. The molecular formula is C21H20O9. The largest absolute Gasteiger partial charge is 0.508 e. The van der Waals surface area contributed by atoms with Gasteiger partial charge in [-0.1, -0.05) is 12.1 Å². The second-order valence-electron chi connectivity index (χ2n) is 7.15. The van der Waals surface area contributed by atoms with Gasteiger partial charge in [0.15, 0.2) is 0 Å². The number of phenolic OH excluding ortho intramolecular Hbond substituents is 2. The van der Waals surface area contributed by atoms with Gasteiger partial charge in [-0.05, 0) is 29.8 Å². The molecule has 1 aromatic heterocycles. The number of ether oxygens (including phenoxy) is 1. The van der Waals surface area contributed by atoms with Crippen molar-refractivity contribution in [2.24, 2.45) is 0 Å². The number of fused-ring (bicyclic) bond motifs is 1. The third-order valence-corrected chi connectivity index (χ3v) is 5.21. The highest BCUT2D eigenvalue weighted by Gasteiger charge is 2.46. The lowest BCUT2D eigenvalue weighted by Crippen LogP contribution is -2.55. The maximum absolute atomic E-state index is 13.3. The Bertz CT molecular complexity index is 1120. The van der Waals surface area contributed by atoms with Crippen molar-refractivity contribution in [2.75, 3.05) is 6.61 Å². The summed E-state index contributed by atoms with van der Waals surface area (Å²) in [6.07, 6.45) is -7.51. The minimum atomic E-state index is -1.67.